The molecule has 0 saturated carbocycles. The molecule has 2 heterocycles. The second kappa shape index (κ2) is 10.7. The largest absolute Gasteiger partial charge is 0.497 e. The number of anilines is 1. The summed E-state index contributed by atoms with van der Waals surface area (Å²) in [6.07, 6.45) is 2.09. The monoisotopic (exact) mass is 467 g/mol. The van der Waals surface area contributed by atoms with Gasteiger partial charge in [-0.2, -0.15) is 0 Å². The molecule has 0 radical (unpaired) electrons. The number of likely N-dealkylation sites (tertiary alicyclic amines) is 1. The Morgan fingerprint density at radius 2 is 1.85 bits per heavy atom. The Hall–Kier alpha value is -3.42. The van der Waals surface area contributed by atoms with Crippen molar-refractivity contribution in [2.75, 3.05) is 38.8 Å². The summed E-state index contributed by atoms with van der Waals surface area (Å²) in [5, 5.41) is 3.02. The third-order valence-corrected chi connectivity index (χ3v) is 6.61. The maximum atomic E-state index is 13.4. The molecule has 2 aliphatic heterocycles. The van der Waals surface area contributed by atoms with Gasteiger partial charge in [-0.05, 0) is 43.5 Å². The topological polar surface area (TPSA) is 80.3 Å². The van der Waals surface area contributed by atoms with Crippen LogP contribution in [0.25, 0.3) is 0 Å². The number of benzene rings is 2. The van der Waals surface area contributed by atoms with Gasteiger partial charge in [0.25, 0.3) is 0 Å². The highest BCUT2D eigenvalue weighted by Crippen LogP contribution is 2.35. The van der Waals surface area contributed by atoms with E-state index in [4.69, 9.17) is 14.2 Å². The fraction of sp³-hybridized carbons (Fsp3) is 0.462. The van der Waals surface area contributed by atoms with E-state index < -0.39 is 0 Å². The number of carbonyl (C=O) groups is 2. The van der Waals surface area contributed by atoms with E-state index in [9.17, 15) is 9.59 Å². The standard InChI is InChI=1S/C26H33N3O5/c1-4-20-17-29(22-7-5-6-8-23(22)34-20)26(31)28-13-11-18(12-14-28)25(30)27-16-19-9-10-21(32-2)15-24(19)33-3/h5-10,15,18,20H,4,11-14,16-17H2,1-3H3,(H,27,30)/t20-/m0/s1. The van der Waals surface area contributed by atoms with E-state index in [2.05, 4.69) is 12.2 Å². The fourth-order valence-corrected chi connectivity index (χ4v) is 4.52. The lowest BCUT2D eigenvalue weighted by atomic mass is 9.96. The first-order chi connectivity index (χ1) is 16.5. The molecular formula is C26H33N3O5. The van der Waals surface area contributed by atoms with Gasteiger partial charge in [0, 0.05) is 37.2 Å². The average Bonchev–Trinajstić information content (AvgIpc) is 2.90. The van der Waals surface area contributed by atoms with Crippen LogP contribution in [0.4, 0.5) is 10.5 Å². The van der Waals surface area contributed by atoms with Crippen molar-refractivity contribution in [2.24, 2.45) is 5.92 Å². The number of piperidine rings is 1. The molecule has 0 unspecified atom stereocenters. The van der Waals surface area contributed by atoms with Crippen LogP contribution in [0.2, 0.25) is 0 Å². The summed E-state index contributed by atoms with van der Waals surface area (Å²) in [5.74, 6) is 2.02. The molecule has 8 heteroatoms. The van der Waals surface area contributed by atoms with Crippen LogP contribution in [-0.2, 0) is 11.3 Å². The number of urea groups is 1. The van der Waals surface area contributed by atoms with Gasteiger partial charge >= 0.3 is 6.03 Å². The van der Waals surface area contributed by atoms with Gasteiger partial charge in [0.05, 0.1) is 26.5 Å². The molecule has 182 valence electrons. The Kier molecular flexibility index (Phi) is 7.45. The predicted octanol–water partition coefficient (Wildman–Crippen LogP) is 3.83. The zero-order valence-electron chi connectivity index (χ0n) is 20.1. The third kappa shape index (κ3) is 5.05. The molecule has 0 spiro atoms. The number of rotatable bonds is 6. The number of amides is 3. The summed E-state index contributed by atoms with van der Waals surface area (Å²) < 4.78 is 16.7. The Bertz CT molecular complexity index is 1020. The van der Waals surface area contributed by atoms with Crippen molar-refractivity contribution in [3.8, 4) is 17.2 Å². The van der Waals surface area contributed by atoms with Crippen LogP contribution in [-0.4, -0.2) is 56.8 Å². The maximum Gasteiger partial charge on any atom is 0.324 e. The lowest BCUT2D eigenvalue weighted by molar-refractivity contribution is -0.126. The molecule has 1 N–H and O–H groups in total. The van der Waals surface area contributed by atoms with E-state index in [1.54, 1.807) is 20.3 Å². The molecule has 2 aliphatic rings. The average molecular weight is 468 g/mol. The normalized spacial score (nSPS) is 18.0. The quantitative estimate of drug-likeness (QED) is 0.699. The molecule has 0 bridgehead atoms. The first kappa shape index (κ1) is 23.7. The van der Waals surface area contributed by atoms with Crippen molar-refractivity contribution in [1.82, 2.24) is 10.2 Å². The van der Waals surface area contributed by atoms with Gasteiger partial charge in [-0.3, -0.25) is 9.69 Å². The number of hydrogen-bond donors (Lipinski definition) is 1. The minimum absolute atomic E-state index is 0.00716. The first-order valence-electron chi connectivity index (χ1n) is 11.8. The number of ether oxygens (including phenoxy) is 3. The van der Waals surface area contributed by atoms with Gasteiger partial charge in [-0.25, -0.2) is 4.79 Å². The fourth-order valence-electron chi connectivity index (χ4n) is 4.52. The van der Waals surface area contributed by atoms with Crippen LogP contribution in [0.3, 0.4) is 0 Å². The Labute approximate surface area is 200 Å². The van der Waals surface area contributed by atoms with Crippen LogP contribution in [0.1, 0.15) is 31.7 Å². The van der Waals surface area contributed by atoms with Crippen LogP contribution in [0, 0.1) is 5.92 Å². The summed E-state index contributed by atoms with van der Waals surface area (Å²) in [4.78, 5) is 29.8. The Balaban J connectivity index is 1.33. The molecule has 3 amide bonds. The van der Waals surface area contributed by atoms with Crippen LogP contribution >= 0.6 is 0 Å². The zero-order chi connectivity index (χ0) is 24.1. The molecule has 34 heavy (non-hydrogen) atoms. The molecular weight excluding hydrogens is 434 g/mol. The number of fused-ring (bicyclic) bond motifs is 1. The van der Waals surface area contributed by atoms with E-state index in [-0.39, 0.29) is 24.0 Å². The molecule has 4 rings (SSSR count). The summed E-state index contributed by atoms with van der Waals surface area (Å²) in [6.45, 7) is 4.09. The van der Waals surface area contributed by atoms with E-state index in [1.165, 1.54) is 0 Å². The Morgan fingerprint density at radius 1 is 1.09 bits per heavy atom. The van der Waals surface area contributed by atoms with Crippen LogP contribution in [0.15, 0.2) is 42.5 Å². The molecule has 1 fully saturated rings. The van der Waals surface area contributed by atoms with E-state index in [0.717, 1.165) is 23.4 Å². The summed E-state index contributed by atoms with van der Waals surface area (Å²) >= 11 is 0. The highest BCUT2D eigenvalue weighted by molar-refractivity contribution is 5.94. The first-order valence-corrected chi connectivity index (χ1v) is 11.8. The zero-order valence-corrected chi connectivity index (χ0v) is 20.1. The molecule has 1 saturated heterocycles. The minimum Gasteiger partial charge on any atom is -0.497 e. The smallest absolute Gasteiger partial charge is 0.324 e. The van der Waals surface area contributed by atoms with Crippen molar-refractivity contribution in [3.05, 3.63) is 48.0 Å². The molecule has 8 nitrogen and oxygen atoms in total. The third-order valence-electron chi connectivity index (χ3n) is 6.61. The number of methoxy groups -OCH3 is 2. The van der Waals surface area contributed by atoms with Crippen molar-refractivity contribution in [3.63, 3.8) is 0 Å². The maximum absolute atomic E-state index is 13.4. The van der Waals surface area contributed by atoms with E-state index in [1.807, 2.05) is 46.2 Å². The van der Waals surface area contributed by atoms with Gasteiger partial charge in [-0.1, -0.05) is 19.1 Å². The van der Waals surface area contributed by atoms with Gasteiger partial charge in [0.2, 0.25) is 5.91 Å². The summed E-state index contributed by atoms with van der Waals surface area (Å²) in [6, 6.07) is 13.2. The van der Waals surface area contributed by atoms with E-state index >= 15 is 0 Å². The highest BCUT2D eigenvalue weighted by Gasteiger charge is 2.34. The van der Waals surface area contributed by atoms with Gasteiger partial charge in [-0.15, -0.1) is 0 Å². The minimum atomic E-state index is -0.117. The van der Waals surface area contributed by atoms with Gasteiger partial charge < -0.3 is 24.4 Å². The number of nitrogens with one attached hydrogen (secondary N) is 1. The van der Waals surface area contributed by atoms with Crippen LogP contribution < -0.4 is 24.4 Å². The predicted molar refractivity (Wildman–Crippen MR) is 130 cm³/mol. The number of para-hydroxylation sites is 2. The van der Waals surface area contributed by atoms with Crippen LogP contribution in [0.5, 0.6) is 17.2 Å². The number of hydrogen-bond acceptors (Lipinski definition) is 5. The molecule has 1 atom stereocenters. The van der Waals surface area contributed by atoms with E-state index in [0.29, 0.717) is 50.5 Å². The van der Waals surface area contributed by atoms with Crippen molar-refractivity contribution in [2.45, 2.75) is 38.8 Å². The molecule has 0 aliphatic carbocycles. The summed E-state index contributed by atoms with van der Waals surface area (Å²) in [5.41, 5.74) is 1.70. The second-order valence-electron chi connectivity index (χ2n) is 8.67. The molecule has 2 aromatic carbocycles. The Morgan fingerprint density at radius 3 is 2.56 bits per heavy atom. The SMILES string of the molecule is CC[C@H]1CN(C(=O)N2CCC(C(=O)NCc3ccc(OC)cc3OC)CC2)c2ccccc2O1. The number of nitrogens with zero attached hydrogens (tertiary/aromatic N) is 2. The van der Waals surface area contributed by atoms with Gasteiger partial charge in [0.1, 0.15) is 23.4 Å². The van der Waals surface area contributed by atoms with Gasteiger partial charge in [0.15, 0.2) is 0 Å². The second-order valence-corrected chi connectivity index (χ2v) is 8.67. The van der Waals surface area contributed by atoms with Crippen molar-refractivity contribution < 1.29 is 23.8 Å². The summed E-state index contributed by atoms with van der Waals surface area (Å²) in [7, 11) is 3.20. The van der Waals surface area contributed by atoms with Crippen molar-refractivity contribution >= 4 is 17.6 Å². The highest BCUT2D eigenvalue weighted by atomic mass is 16.5. The lowest BCUT2D eigenvalue weighted by Crippen LogP contribution is -2.52. The van der Waals surface area contributed by atoms with Crippen molar-refractivity contribution in [1.29, 1.82) is 0 Å². The molecule has 0 aromatic heterocycles. The lowest BCUT2D eigenvalue weighted by Gasteiger charge is -2.39. The molecule has 2 aromatic rings. The number of carbonyl (C=O) groups excluding carboxylic acids is 2.